The van der Waals surface area contributed by atoms with Crippen molar-refractivity contribution in [2.75, 3.05) is 27.4 Å². The Morgan fingerprint density at radius 1 is 1.54 bits per heavy atom. The molecule has 0 radical (unpaired) electrons. The maximum absolute atomic E-state index is 9.72. The summed E-state index contributed by atoms with van der Waals surface area (Å²) < 4.78 is 15.3. The van der Waals surface area contributed by atoms with Crippen molar-refractivity contribution < 1.29 is 19.3 Å². The summed E-state index contributed by atoms with van der Waals surface area (Å²) in [6.07, 6.45) is -1.55. The molecule has 3 unspecified atom stereocenters. The van der Waals surface area contributed by atoms with Gasteiger partial charge in [0, 0.05) is 20.1 Å². The lowest BCUT2D eigenvalue weighted by molar-refractivity contribution is -0.185. The maximum Gasteiger partial charge on any atom is 0.185 e. The van der Waals surface area contributed by atoms with E-state index in [0.717, 1.165) is 0 Å². The molecule has 1 rings (SSSR count). The Kier molecular flexibility index (Phi) is 4.08. The van der Waals surface area contributed by atoms with E-state index < -0.39 is 18.5 Å². The molecular weight excluding hydrogens is 174 g/mol. The molecule has 0 aromatic rings. The lowest BCUT2D eigenvalue weighted by Crippen LogP contribution is -2.40. The molecule has 1 heterocycles. The monoisotopic (exact) mass is 191 g/mol. The Bertz CT molecular complexity index is 151. The van der Waals surface area contributed by atoms with Crippen molar-refractivity contribution in [3.63, 3.8) is 0 Å². The predicted molar refractivity (Wildman–Crippen MR) is 46.1 cm³/mol. The van der Waals surface area contributed by atoms with E-state index in [4.69, 9.17) is 19.9 Å². The molecule has 1 aliphatic heterocycles. The molecule has 0 aromatic carbocycles. The minimum absolute atomic E-state index is 0.0159. The smallest absolute Gasteiger partial charge is 0.185 e. The van der Waals surface area contributed by atoms with E-state index in [1.807, 2.05) is 0 Å². The van der Waals surface area contributed by atoms with Gasteiger partial charge in [0.15, 0.2) is 6.29 Å². The summed E-state index contributed by atoms with van der Waals surface area (Å²) in [7, 11) is 3.03. The first-order valence-electron chi connectivity index (χ1n) is 4.30. The van der Waals surface area contributed by atoms with Crippen LogP contribution in [0, 0.1) is 5.92 Å². The van der Waals surface area contributed by atoms with Gasteiger partial charge >= 0.3 is 0 Å². The maximum atomic E-state index is 9.72. The van der Waals surface area contributed by atoms with Gasteiger partial charge < -0.3 is 25.1 Å². The lowest BCUT2D eigenvalue weighted by Gasteiger charge is -2.23. The van der Waals surface area contributed by atoms with E-state index in [0.29, 0.717) is 13.2 Å². The largest absolute Gasteiger partial charge is 0.390 e. The zero-order chi connectivity index (χ0) is 9.84. The van der Waals surface area contributed by atoms with Crippen LogP contribution in [0.3, 0.4) is 0 Å². The quantitative estimate of drug-likeness (QED) is 0.554. The molecule has 3 N–H and O–H groups in total. The molecule has 5 heteroatoms. The highest BCUT2D eigenvalue weighted by molar-refractivity contribution is 4.85. The minimum Gasteiger partial charge on any atom is -0.390 e. The number of aliphatic hydroxyl groups is 1. The van der Waals surface area contributed by atoms with Gasteiger partial charge in [-0.3, -0.25) is 0 Å². The van der Waals surface area contributed by atoms with Crippen LogP contribution in [0.15, 0.2) is 0 Å². The van der Waals surface area contributed by atoms with Crippen molar-refractivity contribution in [3.8, 4) is 0 Å². The number of ether oxygens (including phenoxy) is 3. The summed E-state index contributed by atoms with van der Waals surface area (Å²) in [5, 5.41) is 9.72. The van der Waals surface area contributed by atoms with Gasteiger partial charge in [-0.05, 0) is 6.54 Å². The van der Waals surface area contributed by atoms with Crippen LogP contribution in [-0.2, 0) is 14.2 Å². The molecule has 1 saturated heterocycles. The molecule has 1 aliphatic rings. The van der Waals surface area contributed by atoms with E-state index in [9.17, 15) is 5.11 Å². The average molecular weight is 191 g/mol. The van der Waals surface area contributed by atoms with Gasteiger partial charge in [-0.25, -0.2) is 0 Å². The number of aliphatic hydroxyl groups excluding tert-OH is 1. The standard InChI is InChI=1S/C8H17NO4/c1-11-8(12-2)7-6(10)5(3-9)4-13-7/h5-8,10H,3-4,9H2,1-2H3. The van der Waals surface area contributed by atoms with Gasteiger partial charge in [0.25, 0.3) is 0 Å². The van der Waals surface area contributed by atoms with Crippen molar-refractivity contribution >= 4 is 0 Å². The van der Waals surface area contributed by atoms with Crippen molar-refractivity contribution in [1.29, 1.82) is 0 Å². The Hall–Kier alpha value is -0.200. The van der Waals surface area contributed by atoms with E-state index >= 15 is 0 Å². The zero-order valence-electron chi connectivity index (χ0n) is 7.97. The number of nitrogens with two attached hydrogens (primary N) is 1. The molecule has 1 fully saturated rings. The topological polar surface area (TPSA) is 73.9 Å². The highest BCUT2D eigenvalue weighted by Gasteiger charge is 2.40. The number of rotatable bonds is 4. The molecule has 0 aromatic heterocycles. The second-order valence-corrected chi connectivity index (χ2v) is 3.12. The third-order valence-electron chi connectivity index (χ3n) is 2.36. The summed E-state index contributed by atoms with van der Waals surface area (Å²) in [6, 6.07) is 0. The fourth-order valence-electron chi connectivity index (χ4n) is 1.51. The van der Waals surface area contributed by atoms with Gasteiger partial charge in [0.1, 0.15) is 6.10 Å². The first-order chi connectivity index (χ1) is 6.24. The molecule has 0 spiro atoms. The summed E-state index contributed by atoms with van der Waals surface area (Å²) in [6.45, 7) is 0.878. The average Bonchev–Trinajstić information content (AvgIpc) is 2.50. The highest BCUT2D eigenvalue weighted by atomic mass is 16.7. The van der Waals surface area contributed by atoms with Crippen LogP contribution < -0.4 is 5.73 Å². The molecule has 13 heavy (non-hydrogen) atoms. The molecule has 0 amide bonds. The molecule has 0 bridgehead atoms. The summed E-state index contributed by atoms with van der Waals surface area (Å²) >= 11 is 0. The van der Waals surface area contributed by atoms with Crippen LogP contribution in [-0.4, -0.2) is 51.0 Å². The van der Waals surface area contributed by atoms with Crippen molar-refractivity contribution in [3.05, 3.63) is 0 Å². The summed E-state index contributed by atoms with van der Waals surface area (Å²) in [5.41, 5.74) is 5.45. The van der Waals surface area contributed by atoms with Gasteiger partial charge in [-0.15, -0.1) is 0 Å². The lowest BCUT2D eigenvalue weighted by atomic mass is 10.0. The Balaban J connectivity index is 2.52. The van der Waals surface area contributed by atoms with Gasteiger partial charge in [0.05, 0.1) is 12.7 Å². The number of hydrogen-bond donors (Lipinski definition) is 2. The molecule has 5 nitrogen and oxygen atoms in total. The molecule has 0 aliphatic carbocycles. The summed E-state index contributed by atoms with van der Waals surface area (Å²) in [4.78, 5) is 0. The number of hydrogen-bond acceptors (Lipinski definition) is 5. The molecule has 3 atom stereocenters. The third kappa shape index (κ3) is 2.18. The molecule has 0 saturated carbocycles. The normalized spacial score (nSPS) is 34.4. The van der Waals surface area contributed by atoms with Crippen molar-refractivity contribution in [2.24, 2.45) is 11.7 Å². The zero-order valence-corrected chi connectivity index (χ0v) is 7.97. The Morgan fingerprint density at radius 3 is 2.54 bits per heavy atom. The molecular formula is C8H17NO4. The molecule has 78 valence electrons. The van der Waals surface area contributed by atoms with Crippen LogP contribution in [0.2, 0.25) is 0 Å². The van der Waals surface area contributed by atoms with Gasteiger partial charge in [-0.1, -0.05) is 0 Å². The second-order valence-electron chi connectivity index (χ2n) is 3.12. The fourth-order valence-corrected chi connectivity index (χ4v) is 1.51. The van der Waals surface area contributed by atoms with Crippen molar-refractivity contribution in [2.45, 2.75) is 18.5 Å². The van der Waals surface area contributed by atoms with Crippen LogP contribution in [0.5, 0.6) is 0 Å². The van der Waals surface area contributed by atoms with Crippen LogP contribution in [0.25, 0.3) is 0 Å². The van der Waals surface area contributed by atoms with Gasteiger partial charge in [0.2, 0.25) is 0 Å². The van der Waals surface area contributed by atoms with E-state index in [1.54, 1.807) is 0 Å². The number of methoxy groups -OCH3 is 2. The van der Waals surface area contributed by atoms with Crippen LogP contribution in [0.1, 0.15) is 0 Å². The SMILES string of the molecule is COC(OC)C1OCC(CN)C1O. The minimum atomic E-state index is -0.602. The first-order valence-corrected chi connectivity index (χ1v) is 4.30. The fraction of sp³-hybridized carbons (Fsp3) is 1.00. The summed E-state index contributed by atoms with van der Waals surface area (Å²) in [5.74, 6) is -0.0159. The Labute approximate surface area is 77.8 Å². The van der Waals surface area contributed by atoms with E-state index in [-0.39, 0.29) is 5.92 Å². The van der Waals surface area contributed by atoms with Crippen LogP contribution in [0.4, 0.5) is 0 Å². The third-order valence-corrected chi connectivity index (χ3v) is 2.36. The van der Waals surface area contributed by atoms with Gasteiger partial charge in [-0.2, -0.15) is 0 Å². The predicted octanol–water partition coefficient (Wildman–Crippen LogP) is -1.06. The van der Waals surface area contributed by atoms with E-state index in [1.165, 1.54) is 14.2 Å². The van der Waals surface area contributed by atoms with Crippen molar-refractivity contribution in [1.82, 2.24) is 0 Å². The second kappa shape index (κ2) is 4.88. The highest BCUT2D eigenvalue weighted by Crippen LogP contribution is 2.23. The van der Waals surface area contributed by atoms with E-state index in [2.05, 4.69) is 0 Å². The Morgan fingerprint density at radius 2 is 2.15 bits per heavy atom. The van der Waals surface area contributed by atoms with Crippen LogP contribution >= 0.6 is 0 Å². The first kappa shape index (κ1) is 10.9.